The number of carbonyl (C=O) groups is 1. The summed E-state index contributed by atoms with van der Waals surface area (Å²) in [6.45, 7) is 0. The molecule has 2 aromatic carbocycles. The number of carbonyl (C=O) groups excluding carboxylic acids is 1. The van der Waals surface area contributed by atoms with E-state index in [1.807, 2.05) is 12.1 Å². The number of primary amides is 1. The van der Waals surface area contributed by atoms with Crippen molar-refractivity contribution in [3.63, 3.8) is 0 Å². The second-order valence-corrected chi connectivity index (χ2v) is 5.99. The van der Waals surface area contributed by atoms with Gasteiger partial charge < -0.3 is 11.1 Å². The highest BCUT2D eigenvalue weighted by Crippen LogP contribution is 2.26. The lowest BCUT2D eigenvalue weighted by atomic mass is 10.1. The van der Waals surface area contributed by atoms with Gasteiger partial charge in [0.1, 0.15) is 11.9 Å². The van der Waals surface area contributed by atoms with Gasteiger partial charge in [-0.05, 0) is 36.4 Å². The smallest absolute Gasteiger partial charge is 0.244 e. The van der Waals surface area contributed by atoms with E-state index in [1.165, 1.54) is 12.1 Å². The maximum absolute atomic E-state index is 13.9. The van der Waals surface area contributed by atoms with Crippen molar-refractivity contribution in [2.75, 3.05) is 5.32 Å². The fraction of sp³-hybridized carbons (Fsp3) is 0.0714. The molecule has 0 aliphatic rings. The van der Waals surface area contributed by atoms with Gasteiger partial charge in [-0.15, -0.1) is 0 Å². The molecule has 0 aromatic heterocycles. The average Bonchev–Trinajstić information content (AvgIpc) is 2.39. The van der Waals surface area contributed by atoms with Crippen molar-refractivity contribution in [3.8, 4) is 0 Å². The average molecular weight is 402 g/mol. The molecule has 1 atom stereocenters. The Hall–Kier alpha value is -1.40. The van der Waals surface area contributed by atoms with Crippen LogP contribution in [-0.4, -0.2) is 5.91 Å². The Labute approximate surface area is 132 Å². The van der Waals surface area contributed by atoms with E-state index in [4.69, 9.17) is 5.73 Å². The molecule has 0 saturated carbocycles. The molecule has 0 radical (unpaired) electrons. The fourth-order valence-corrected chi connectivity index (χ4v) is 2.56. The summed E-state index contributed by atoms with van der Waals surface area (Å²) in [6, 6.07) is 10.7. The van der Waals surface area contributed by atoms with E-state index in [1.54, 1.807) is 18.2 Å². The van der Waals surface area contributed by atoms with Gasteiger partial charge in [0.15, 0.2) is 0 Å². The van der Waals surface area contributed by atoms with Crippen LogP contribution in [0.2, 0.25) is 0 Å². The number of hydrogen-bond donors (Lipinski definition) is 2. The second kappa shape index (κ2) is 6.37. The lowest BCUT2D eigenvalue weighted by Gasteiger charge is -2.18. The lowest BCUT2D eigenvalue weighted by molar-refractivity contribution is -0.118. The van der Waals surface area contributed by atoms with Gasteiger partial charge in [-0.3, -0.25) is 4.79 Å². The standard InChI is InChI=1S/C14H11Br2FN2O/c15-8-2-1-3-10(6-8)19-13(14(18)20)11-7-9(16)4-5-12(11)17/h1-7,13,19H,(H2,18,20). The summed E-state index contributed by atoms with van der Waals surface area (Å²) in [4.78, 5) is 11.6. The molecule has 0 bridgehead atoms. The molecule has 6 heteroatoms. The number of nitrogens with one attached hydrogen (secondary N) is 1. The topological polar surface area (TPSA) is 55.1 Å². The summed E-state index contributed by atoms with van der Waals surface area (Å²) in [6.07, 6.45) is 0. The van der Waals surface area contributed by atoms with E-state index in [9.17, 15) is 9.18 Å². The lowest BCUT2D eigenvalue weighted by Crippen LogP contribution is -2.28. The molecule has 0 aliphatic carbocycles. The zero-order chi connectivity index (χ0) is 14.7. The third-order valence-electron chi connectivity index (χ3n) is 2.69. The summed E-state index contributed by atoms with van der Waals surface area (Å²) in [5, 5.41) is 2.94. The molecular weight excluding hydrogens is 391 g/mol. The summed E-state index contributed by atoms with van der Waals surface area (Å²) >= 11 is 6.59. The van der Waals surface area contributed by atoms with E-state index >= 15 is 0 Å². The highest BCUT2D eigenvalue weighted by molar-refractivity contribution is 9.10. The first-order chi connectivity index (χ1) is 9.47. The number of anilines is 1. The molecule has 3 N–H and O–H groups in total. The summed E-state index contributed by atoms with van der Waals surface area (Å²) in [5.41, 5.74) is 6.25. The number of halogens is 3. The highest BCUT2D eigenvalue weighted by atomic mass is 79.9. The zero-order valence-corrected chi connectivity index (χ0v) is 13.4. The van der Waals surface area contributed by atoms with Crippen LogP contribution in [0.4, 0.5) is 10.1 Å². The number of benzene rings is 2. The third-order valence-corrected chi connectivity index (χ3v) is 3.68. The Bertz CT molecular complexity index is 649. The minimum atomic E-state index is -0.943. The Balaban J connectivity index is 2.37. The van der Waals surface area contributed by atoms with Crippen molar-refractivity contribution in [3.05, 3.63) is 62.8 Å². The highest BCUT2D eigenvalue weighted by Gasteiger charge is 2.21. The maximum atomic E-state index is 13.9. The molecule has 1 unspecified atom stereocenters. The summed E-state index contributed by atoms with van der Waals surface area (Å²) in [7, 11) is 0. The quantitative estimate of drug-likeness (QED) is 0.813. The van der Waals surface area contributed by atoms with Gasteiger partial charge in [0, 0.05) is 20.2 Å². The molecule has 0 saturated heterocycles. The minimum Gasteiger partial charge on any atom is -0.370 e. The SMILES string of the molecule is NC(=O)C(Nc1cccc(Br)c1)c1cc(Br)ccc1F. The van der Waals surface area contributed by atoms with Gasteiger partial charge >= 0.3 is 0 Å². The molecule has 2 rings (SSSR count). The van der Waals surface area contributed by atoms with Crippen molar-refractivity contribution >= 4 is 43.5 Å². The first-order valence-corrected chi connectivity index (χ1v) is 7.32. The van der Waals surface area contributed by atoms with Crippen LogP contribution in [-0.2, 0) is 4.79 Å². The minimum absolute atomic E-state index is 0.201. The van der Waals surface area contributed by atoms with Crippen LogP contribution in [0.3, 0.4) is 0 Å². The molecule has 0 aliphatic heterocycles. The van der Waals surface area contributed by atoms with Crippen LogP contribution in [0, 0.1) is 5.82 Å². The first-order valence-electron chi connectivity index (χ1n) is 5.74. The molecule has 20 heavy (non-hydrogen) atoms. The van der Waals surface area contributed by atoms with Crippen LogP contribution >= 0.6 is 31.9 Å². The molecule has 104 valence electrons. The molecule has 0 fully saturated rings. The van der Waals surface area contributed by atoms with Gasteiger partial charge in [-0.1, -0.05) is 37.9 Å². The molecule has 1 amide bonds. The van der Waals surface area contributed by atoms with E-state index in [-0.39, 0.29) is 5.56 Å². The van der Waals surface area contributed by atoms with Crippen molar-refractivity contribution in [1.29, 1.82) is 0 Å². The number of rotatable bonds is 4. The first kappa shape index (κ1) is 15.0. The predicted octanol–water partition coefficient (Wildman–Crippen LogP) is 3.99. The summed E-state index contributed by atoms with van der Waals surface area (Å²) < 4.78 is 15.4. The normalized spacial score (nSPS) is 11.9. The van der Waals surface area contributed by atoms with Crippen LogP contribution < -0.4 is 11.1 Å². The van der Waals surface area contributed by atoms with Crippen molar-refractivity contribution in [2.45, 2.75) is 6.04 Å². The van der Waals surface area contributed by atoms with Gasteiger partial charge in [-0.2, -0.15) is 0 Å². The Morgan fingerprint density at radius 2 is 1.85 bits per heavy atom. The van der Waals surface area contributed by atoms with E-state index in [0.29, 0.717) is 10.2 Å². The van der Waals surface area contributed by atoms with Gasteiger partial charge in [0.25, 0.3) is 0 Å². The largest absolute Gasteiger partial charge is 0.370 e. The van der Waals surface area contributed by atoms with Crippen LogP contribution in [0.15, 0.2) is 51.4 Å². The molecular formula is C14H11Br2FN2O. The van der Waals surface area contributed by atoms with Crippen LogP contribution in [0.1, 0.15) is 11.6 Å². The Morgan fingerprint density at radius 1 is 1.15 bits per heavy atom. The monoisotopic (exact) mass is 400 g/mol. The van der Waals surface area contributed by atoms with E-state index in [0.717, 1.165) is 4.47 Å². The molecule has 2 aromatic rings. The van der Waals surface area contributed by atoms with E-state index in [2.05, 4.69) is 37.2 Å². The maximum Gasteiger partial charge on any atom is 0.244 e. The Morgan fingerprint density at radius 3 is 2.50 bits per heavy atom. The number of amides is 1. The molecule has 3 nitrogen and oxygen atoms in total. The number of nitrogens with two attached hydrogens (primary N) is 1. The van der Waals surface area contributed by atoms with Gasteiger partial charge in [0.05, 0.1) is 0 Å². The third kappa shape index (κ3) is 3.58. The molecule has 0 spiro atoms. The van der Waals surface area contributed by atoms with Crippen molar-refractivity contribution in [2.24, 2.45) is 5.73 Å². The van der Waals surface area contributed by atoms with Crippen LogP contribution in [0.5, 0.6) is 0 Å². The summed E-state index contributed by atoms with van der Waals surface area (Å²) in [5.74, 6) is -1.14. The van der Waals surface area contributed by atoms with Crippen LogP contribution in [0.25, 0.3) is 0 Å². The van der Waals surface area contributed by atoms with Gasteiger partial charge in [-0.25, -0.2) is 4.39 Å². The fourth-order valence-electron chi connectivity index (χ4n) is 1.78. The van der Waals surface area contributed by atoms with E-state index < -0.39 is 17.8 Å². The van der Waals surface area contributed by atoms with Gasteiger partial charge in [0.2, 0.25) is 5.91 Å². The molecule has 0 heterocycles. The van der Waals surface area contributed by atoms with Crippen molar-refractivity contribution in [1.82, 2.24) is 0 Å². The second-order valence-electron chi connectivity index (χ2n) is 4.16. The van der Waals surface area contributed by atoms with Crippen molar-refractivity contribution < 1.29 is 9.18 Å². The zero-order valence-electron chi connectivity index (χ0n) is 10.2. The Kier molecular flexibility index (Phi) is 4.77. The predicted molar refractivity (Wildman–Crippen MR) is 83.8 cm³/mol. The number of hydrogen-bond acceptors (Lipinski definition) is 2.